The molecule has 3 rings (SSSR count). The number of benzene rings is 1. The highest BCUT2D eigenvalue weighted by Crippen LogP contribution is 2.20. The first-order chi connectivity index (χ1) is 10.3. The van der Waals surface area contributed by atoms with E-state index in [-0.39, 0.29) is 11.8 Å². The van der Waals surface area contributed by atoms with Crippen molar-refractivity contribution in [1.82, 2.24) is 0 Å². The van der Waals surface area contributed by atoms with Crippen LogP contribution in [0.5, 0.6) is 5.75 Å². The van der Waals surface area contributed by atoms with E-state index >= 15 is 0 Å². The Kier molecular flexibility index (Phi) is 4.31. The average Bonchev–Trinajstić information content (AvgIpc) is 2.53. The standard InChI is InChI=1S/C16H14N2O2S/c19-15-13-8-4-5-9-14(13)17-16(18-15)21-11-10-20-12-6-2-1-3-7-12/h1-9,13H,10-11H2. The number of amidine groups is 1. The summed E-state index contributed by atoms with van der Waals surface area (Å²) in [4.78, 5) is 20.3. The van der Waals surface area contributed by atoms with Crippen LogP contribution in [-0.2, 0) is 4.79 Å². The number of carbonyl (C=O) groups is 1. The number of rotatable bonds is 4. The molecule has 106 valence electrons. The van der Waals surface area contributed by atoms with Crippen LogP contribution < -0.4 is 4.74 Å². The van der Waals surface area contributed by atoms with Gasteiger partial charge in [-0.15, -0.1) is 0 Å². The Morgan fingerprint density at radius 2 is 2.00 bits per heavy atom. The fourth-order valence-electron chi connectivity index (χ4n) is 2.02. The van der Waals surface area contributed by atoms with E-state index in [0.29, 0.717) is 17.5 Å². The van der Waals surface area contributed by atoms with E-state index in [1.807, 2.05) is 54.6 Å². The summed E-state index contributed by atoms with van der Waals surface area (Å²) >= 11 is 1.43. The SMILES string of the molecule is O=C1N=C(SCCOc2ccccc2)N=C2C=CC=CC12. The molecule has 2 aliphatic rings. The van der Waals surface area contributed by atoms with Gasteiger partial charge in [0.2, 0.25) is 0 Å². The Morgan fingerprint density at radius 1 is 1.14 bits per heavy atom. The van der Waals surface area contributed by atoms with Gasteiger partial charge < -0.3 is 4.74 Å². The molecule has 0 spiro atoms. The molecule has 0 N–H and O–H groups in total. The zero-order valence-corrected chi connectivity index (χ0v) is 12.1. The number of fused-ring (bicyclic) bond motifs is 1. The van der Waals surface area contributed by atoms with Crippen molar-refractivity contribution >= 4 is 28.5 Å². The first kappa shape index (κ1) is 13.8. The zero-order chi connectivity index (χ0) is 14.5. The Bertz CT molecular complexity index is 648. The topological polar surface area (TPSA) is 51.0 Å². The third-order valence-corrected chi connectivity index (χ3v) is 3.83. The first-order valence-electron chi connectivity index (χ1n) is 6.69. The van der Waals surface area contributed by atoms with E-state index in [1.165, 1.54) is 11.8 Å². The quantitative estimate of drug-likeness (QED) is 0.803. The average molecular weight is 298 g/mol. The minimum Gasteiger partial charge on any atom is -0.493 e. The van der Waals surface area contributed by atoms with E-state index in [4.69, 9.17) is 4.74 Å². The molecule has 0 saturated carbocycles. The first-order valence-corrected chi connectivity index (χ1v) is 7.68. The molecule has 1 aromatic carbocycles. The van der Waals surface area contributed by atoms with Gasteiger partial charge in [-0.25, -0.2) is 4.99 Å². The van der Waals surface area contributed by atoms with Gasteiger partial charge in [-0.1, -0.05) is 48.2 Å². The number of amides is 1. The molecule has 1 aliphatic carbocycles. The summed E-state index contributed by atoms with van der Waals surface area (Å²) in [5.41, 5.74) is 0.768. The number of para-hydroxylation sites is 1. The van der Waals surface area contributed by atoms with E-state index in [0.717, 1.165) is 11.5 Å². The van der Waals surface area contributed by atoms with Crippen molar-refractivity contribution < 1.29 is 9.53 Å². The molecule has 0 fully saturated rings. The van der Waals surface area contributed by atoms with Gasteiger partial charge in [0, 0.05) is 5.75 Å². The summed E-state index contributed by atoms with van der Waals surface area (Å²) in [5.74, 6) is 1.08. The smallest absolute Gasteiger partial charge is 0.261 e. The van der Waals surface area contributed by atoms with Gasteiger partial charge >= 0.3 is 0 Å². The maximum Gasteiger partial charge on any atom is 0.261 e. The van der Waals surface area contributed by atoms with Gasteiger partial charge in [-0.2, -0.15) is 4.99 Å². The van der Waals surface area contributed by atoms with Crippen molar-refractivity contribution in [2.75, 3.05) is 12.4 Å². The van der Waals surface area contributed by atoms with E-state index in [1.54, 1.807) is 0 Å². The highest BCUT2D eigenvalue weighted by molar-refractivity contribution is 8.13. The van der Waals surface area contributed by atoms with Gasteiger partial charge in [-0.05, 0) is 18.2 Å². The molecule has 0 radical (unpaired) electrons. The summed E-state index contributed by atoms with van der Waals surface area (Å²) in [5, 5.41) is 0.517. The molecule has 0 saturated heterocycles. The van der Waals surface area contributed by atoms with Crippen molar-refractivity contribution in [3.8, 4) is 5.75 Å². The van der Waals surface area contributed by atoms with Crippen LogP contribution in [0.1, 0.15) is 0 Å². The lowest BCUT2D eigenvalue weighted by atomic mass is 9.97. The van der Waals surface area contributed by atoms with Crippen molar-refractivity contribution in [2.45, 2.75) is 0 Å². The second-order valence-electron chi connectivity index (χ2n) is 4.50. The summed E-state index contributed by atoms with van der Waals surface area (Å²) in [6.45, 7) is 0.548. The van der Waals surface area contributed by atoms with E-state index in [9.17, 15) is 4.79 Å². The fourth-order valence-corrected chi connectivity index (χ4v) is 2.69. The molecular weight excluding hydrogens is 284 g/mol. The van der Waals surface area contributed by atoms with Crippen LogP contribution >= 0.6 is 11.8 Å². The maximum absolute atomic E-state index is 11.9. The lowest BCUT2D eigenvalue weighted by molar-refractivity contribution is -0.118. The van der Waals surface area contributed by atoms with Crippen LogP contribution in [0, 0.1) is 5.92 Å². The number of thioether (sulfide) groups is 1. The second-order valence-corrected chi connectivity index (χ2v) is 5.56. The fraction of sp³-hybridized carbons (Fsp3) is 0.188. The normalized spacial score (nSPS) is 19.8. The Balaban J connectivity index is 1.52. The number of ether oxygens (including phenoxy) is 1. The largest absolute Gasteiger partial charge is 0.493 e. The van der Waals surface area contributed by atoms with Gasteiger partial charge in [0.1, 0.15) is 11.7 Å². The summed E-state index contributed by atoms with van der Waals surface area (Å²) in [6.07, 6.45) is 7.42. The zero-order valence-electron chi connectivity index (χ0n) is 11.3. The predicted octanol–water partition coefficient (Wildman–Crippen LogP) is 2.88. The Labute approximate surface area is 127 Å². The number of allylic oxidation sites excluding steroid dienone is 3. The van der Waals surface area contributed by atoms with E-state index in [2.05, 4.69) is 9.98 Å². The van der Waals surface area contributed by atoms with Crippen LogP contribution in [0.3, 0.4) is 0 Å². The number of aliphatic imine (C=N–C) groups is 2. The molecule has 0 aromatic heterocycles. The molecule has 21 heavy (non-hydrogen) atoms. The van der Waals surface area contributed by atoms with Crippen LogP contribution in [0.4, 0.5) is 0 Å². The molecule has 5 heteroatoms. The van der Waals surface area contributed by atoms with Crippen LogP contribution in [0.15, 0.2) is 64.6 Å². The van der Waals surface area contributed by atoms with Crippen molar-refractivity contribution in [3.63, 3.8) is 0 Å². The lowest BCUT2D eigenvalue weighted by Gasteiger charge is -2.17. The predicted molar refractivity (Wildman–Crippen MR) is 86.0 cm³/mol. The van der Waals surface area contributed by atoms with Crippen LogP contribution in [0.2, 0.25) is 0 Å². The second kappa shape index (κ2) is 6.54. The minimum absolute atomic E-state index is 0.146. The van der Waals surface area contributed by atoms with Gasteiger partial charge in [0.15, 0.2) is 5.17 Å². The highest BCUT2D eigenvalue weighted by Gasteiger charge is 2.26. The van der Waals surface area contributed by atoms with Crippen molar-refractivity contribution in [1.29, 1.82) is 0 Å². The summed E-state index contributed by atoms with van der Waals surface area (Å²) in [6, 6.07) is 9.64. The summed E-state index contributed by atoms with van der Waals surface area (Å²) < 4.78 is 5.60. The minimum atomic E-state index is -0.306. The van der Waals surface area contributed by atoms with Gasteiger partial charge in [0.05, 0.1) is 12.3 Å². The number of hydrogen-bond donors (Lipinski definition) is 0. The maximum atomic E-state index is 11.9. The third-order valence-electron chi connectivity index (χ3n) is 3.02. The molecule has 1 aliphatic heterocycles. The lowest BCUT2D eigenvalue weighted by Crippen LogP contribution is -2.26. The number of nitrogens with zero attached hydrogens (tertiary/aromatic N) is 2. The molecule has 1 unspecified atom stereocenters. The van der Waals surface area contributed by atoms with Crippen molar-refractivity contribution in [2.24, 2.45) is 15.9 Å². The Hall–Kier alpha value is -2.14. The van der Waals surface area contributed by atoms with Gasteiger partial charge in [0.25, 0.3) is 5.91 Å². The van der Waals surface area contributed by atoms with Crippen molar-refractivity contribution in [3.05, 3.63) is 54.6 Å². The monoisotopic (exact) mass is 298 g/mol. The van der Waals surface area contributed by atoms with Crippen LogP contribution in [-0.4, -0.2) is 29.1 Å². The Morgan fingerprint density at radius 3 is 2.86 bits per heavy atom. The molecule has 4 nitrogen and oxygen atoms in total. The molecule has 1 aromatic rings. The third kappa shape index (κ3) is 3.49. The van der Waals surface area contributed by atoms with Crippen LogP contribution in [0.25, 0.3) is 0 Å². The molecular formula is C16H14N2O2S. The molecule has 1 heterocycles. The molecule has 1 amide bonds. The number of carbonyl (C=O) groups excluding carboxylic acids is 1. The summed E-state index contributed by atoms with van der Waals surface area (Å²) in [7, 11) is 0. The highest BCUT2D eigenvalue weighted by atomic mass is 32.2. The molecule has 0 bridgehead atoms. The van der Waals surface area contributed by atoms with Gasteiger partial charge in [-0.3, -0.25) is 4.79 Å². The number of hydrogen-bond acceptors (Lipinski definition) is 4. The van der Waals surface area contributed by atoms with E-state index < -0.39 is 0 Å². The molecule has 1 atom stereocenters.